The molecular weight excluding hydrogens is 234 g/mol. The molecule has 3 nitrogen and oxygen atoms in total. The predicted octanol–water partition coefficient (Wildman–Crippen LogP) is 2.66. The monoisotopic (exact) mass is 247 g/mol. The Labute approximate surface area is 104 Å². The molecule has 1 aromatic rings. The van der Waals surface area contributed by atoms with E-state index in [1.54, 1.807) is 12.1 Å². The van der Waals surface area contributed by atoms with Crippen LogP contribution in [0.4, 0.5) is 0 Å². The number of benzene rings is 1. The molecule has 3 rings (SSSR count). The van der Waals surface area contributed by atoms with Crippen molar-refractivity contribution in [1.82, 2.24) is 0 Å². The first kappa shape index (κ1) is 10.7. The summed E-state index contributed by atoms with van der Waals surface area (Å²) in [4.78, 5) is 5.67. The second kappa shape index (κ2) is 4.11. The van der Waals surface area contributed by atoms with E-state index < -0.39 is 0 Å². The molecule has 17 heavy (non-hydrogen) atoms. The van der Waals surface area contributed by atoms with Gasteiger partial charge in [-0.25, -0.2) is 0 Å². The first-order chi connectivity index (χ1) is 8.25. The van der Waals surface area contributed by atoms with Crippen molar-refractivity contribution in [2.75, 3.05) is 12.3 Å². The summed E-state index contributed by atoms with van der Waals surface area (Å²) >= 11 is 1.85. The van der Waals surface area contributed by atoms with Gasteiger partial charge in [0, 0.05) is 29.3 Å². The summed E-state index contributed by atoms with van der Waals surface area (Å²) in [5, 5.41) is 18.9. The van der Waals surface area contributed by atoms with Crippen molar-refractivity contribution in [1.29, 1.82) is 0 Å². The maximum Gasteiger partial charge on any atom is 0.157 e. The van der Waals surface area contributed by atoms with E-state index in [1.807, 2.05) is 24.0 Å². The minimum atomic E-state index is -0.0666. The van der Waals surface area contributed by atoms with Crippen LogP contribution in [0.15, 0.2) is 33.7 Å². The molecular formula is C13H13NO2S. The molecule has 0 spiro atoms. The number of allylic oxidation sites excluding steroid dienone is 1. The van der Waals surface area contributed by atoms with Crippen molar-refractivity contribution < 1.29 is 10.2 Å². The normalized spacial score (nSPS) is 22.9. The summed E-state index contributed by atoms with van der Waals surface area (Å²) in [5.41, 5.74) is 2.46. The number of hydrogen-bond donors (Lipinski definition) is 2. The first-order valence-corrected chi connectivity index (χ1v) is 6.62. The molecule has 88 valence electrons. The fourth-order valence-electron chi connectivity index (χ4n) is 2.37. The molecule has 0 bridgehead atoms. The maximum absolute atomic E-state index is 9.56. The minimum absolute atomic E-state index is 0.0511. The zero-order valence-electron chi connectivity index (χ0n) is 9.26. The van der Waals surface area contributed by atoms with Crippen molar-refractivity contribution in [2.24, 2.45) is 4.99 Å². The average molecular weight is 247 g/mol. The molecule has 0 saturated heterocycles. The number of aliphatic imine (C=N–C) groups is 1. The van der Waals surface area contributed by atoms with Gasteiger partial charge >= 0.3 is 0 Å². The van der Waals surface area contributed by atoms with Crippen LogP contribution in [0.3, 0.4) is 0 Å². The average Bonchev–Trinajstić information content (AvgIpc) is 2.80. The topological polar surface area (TPSA) is 52.8 Å². The van der Waals surface area contributed by atoms with Crippen LogP contribution in [0.25, 0.3) is 0 Å². The number of aromatic hydroxyl groups is 2. The molecule has 0 radical (unpaired) electrons. The van der Waals surface area contributed by atoms with E-state index in [9.17, 15) is 10.2 Å². The summed E-state index contributed by atoms with van der Waals surface area (Å²) in [6.45, 7) is 0.740. The highest BCUT2D eigenvalue weighted by Crippen LogP contribution is 2.42. The van der Waals surface area contributed by atoms with Gasteiger partial charge in [0.2, 0.25) is 0 Å². The second-order valence-corrected chi connectivity index (χ2v) is 5.42. The molecule has 2 N–H and O–H groups in total. The molecule has 0 fully saturated rings. The van der Waals surface area contributed by atoms with E-state index in [-0.39, 0.29) is 17.4 Å². The third kappa shape index (κ3) is 1.82. The highest BCUT2D eigenvalue weighted by molar-refractivity contribution is 8.04. The molecule has 1 unspecified atom stereocenters. The van der Waals surface area contributed by atoms with Gasteiger partial charge in [-0.05, 0) is 29.7 Å². The van der Waals surface area contributed by atoms with Crippen LogP contribution in [-0.2, 0) is 0 Å². The molecule has 0 amide bonds. The number of thioether (sulfide) groups is 1. The van der Waals surface area contributed by atoms with Gasteiger partial charge in [-0.2, -0.15) is 0 Å². The second-order valence-electron chi connectivity index (χ2n) is 4.28. The van der Waals surface area contributed by atoms with Gasteiger partial charge in [-0.3, -0.25) is 4.99 Å². The van der Waals surface area contributed by atoms with Crippen molar-refractivity contribution in [3.05, 3.63) is 34.2 Å². The molecule has 0 aromatic heterocycles. The quantitative estimate of drug-likeness (QED) is 0.750. The Morgan fingerprint density at radius 2 is 2.12 bits per heavy atom. The first-order valence-electron chi connectivity index (χ1n) is 5.63. The summed E-state index contributed by atoms with van der Waals surface area (Å²) in [6.07, 6.45) is 3.06. The van der Waals surface area contributed by atoms with E-state index in [1.165, 1.54) is 10.5 Å². The van der Waals surface area contributed by atoms with Crippen molar-refractivity contribution in [3.8, 4) is 11.5 Å². The van der Waals surface area contributed by atoms with Crippen LogP contribution >= 0.6 is 11.8 Å². The number of rotatable bonds is 1. The van der Waals surface area contributed by atoms with Gasteiger partial charge in [0.15, 0.2) is 11.5 Å². The Morgan fingerprint density at radius 3 is 2.94 bits per heavy atom. The van der Waals surface area contributed by atoms with Crippen LogP contribution in [0.5, 0.6) is 11.5 Å². The van der Waals surface area contributed by atoms with Crippen molar-refractivity contribution in [3.63, 3.8) is 0 Å². The van der Waals surface area contributed by atoms with E-state index in [0.717, 1.165) is 24.3 Å². The van der Waals surface area contributed by atoms with Gasteiger partial charge < -0.3 is 10.2 Å². The summed E-state index contributed by atoms with van der Waals surface area (Å²) in [5.74, 6) is 1.27. The summed E-state index contributed by atoms with van der Waals surface area (Å²) in [6, 6.07) is 5.06. The lowest BCUT2D eigenvalue weighted by molar-refractivity contribution is 0.403. The predicted molar refractivity (Wildman–Crippen MR) is 70.0 cm³/mol. The maximum atomic E-state index is 9.56. The molecule has 2 heterocycles. The largest absolute Gasteiger partial charge is 0.504 e. The SMILES string of the molecule is Oc1ccc(C2CN=CC3=C2CCS3)cc1O. The van der Waals surface area contributed by atoms with Crippen LogP contribution < -0.4 is 0 Å². The zero-order valence-corrected chi connectivity index (χ0v) is 10.1. The van der Waals surface area contributed by atoms with Crippen molar-refractivity contribution in [2.45, 2.75) is 12.3 Å². The highest BCUT2D eigenvalue weighted by Gasteiger charge is 2.26. The molecule has 0 saturated carbocycles. The molecule has 2 aliphatic rings. The summed E-state index contributed by atoms with van der Waals surface area (Å²) in [7, 11) is 0. The van der Waals surface area contributed by atoms with Crippen molar-refractivity contribution >= 4 is 18.0 Å². The number of phenols is 2. The fraction of sp³-hybridized carbons (Fsp3) is 0.308. The number of phenolic OH excluding ortho intramolecular Hbond substituents is 2. The van der Waals surface area contributed by atoms with Gasteiger partial charge in [0.1, 0.15) is 0 Å². The molecule has 1 aromatic carbocycles. The number of hydrogen-bond acceptors (Lipinski definition) is 4. The van der Waals surface area contributed by atoms with E-state index >= 15 is 0 Å². The fourth-order valence-corrected chi connectivity index (χ4v) is 3.49. The highest BCUT2D eigenvalue weighted by atomic mass is 32.2. The Morgan fingerprint density at radius 1 is 1.24 bits per heavy atom. The summed E-state index contributed by atoms with van der Waals surface area (Å²) < 4.78 is 0. The number of dihydropyridines is 1. The lowest BCUT2D eigenvalue weighted by Crippen LogP contribution is -2.10. The van der Waals surface area contributed by atoms with Crippen LogP contribution in [-0.4, -0.2) is 28.7 Å². The van der Waals surface area contributed by atoms with Gasteiger partial charge in [0.25, 0.3) is 0 Å². The minimum Gasteiger partial charge on any atom is -0.504 e. The Bertz CT molecular complexity index is 522. The standard InChI is InChI=1S/C13H13NO2S/c15-11-2-1-8(5-12(11)16)10-6-14-7-13-9(10)3-4-17-13/h1-2,5,7,10,15-16H,3-4,6H2. The van der Waals surface area contributed by atoms with Crippen LogP contribution in [0, 0.1) is 0 Å². The molecule has 0 aliphatic carbocycles. The third-order valence-corrected chi connectivity index (χ3v) is 4.35. The van der Waals surface area contributed by atoms with E-state index in [0.29, 0.717) is 0 Å². The number of nitrogens with zero attached hydrogens (tertiary/aromatic N) is 1. The smallest absolute Gasteiger partial charge is 0.157 e. The van der Waals surface area contributed by atoms with E-state index in [2.05, 4.69) is 4.99 Å². The third-order valence-electron chi connectivity index (χ3n) is 3.26. The molecule has 2 aliphatic heterocycles. The Hall–Kier alpha value is -1.42. The Kier molecular flexibility index (Phi) is 2.59. The Balaban J connectivity index is 1.99. The van der Waals surface area contributed by atoms with E-state index in [4.69, 9.17) is 0 Å². The molecule has 4 heteroatoms. The van der Waals surface area contributed by atoms with Gasteiger partial charge in [-0.1, -0.05) is 6.07 Å². The van der Waals surface area contributed by atoms with Gasteiger partial charge in [-0.15, -0.1) is 11.8 Å². The van der Waals surface area contributed by atoms with Crippen LogP contribution in [0.1, 0.15) is 17.9 Å². The lowest BCUT2D eigenvalue weighted by Gasteiger charge is -2.21. The molecule has 1 atom stereocenters. The van der Waals surface area contributed by atoms with Crippen LogP contribution in [0.2, 0.25) is 0 Å². The zero-order chi connectivity index (χ0) is 11.8. The van der Waals surface area contributed by atoms with Gasteiger partial charge in [0.05, 0.1) is 0 Å². The lowest BCUT2D eigenvalue weighted by atomic mass is 9.88.